The van der Waals surface area contributed by atoms with Crippen LogP contribution < -0.4 is 0 Å². The Kier molecular flexibility index (Phi) is 16.3. The van der Waals surface area contributed by atoms with Gasteiger partial charge in [0, 0.05) is 37.7 Å². The second-order valence-corrected chi connectivity index (χ2v) is 17.3. The fourth-order valence-electron chi connectivity index (χ4n) is 8.76. The molecule has 18 atom stereocenters. The van der Waals surface area contributed by atoms with Crippen molar-refractivity contribution in [3.8, 4) is 0 Å². The molecule has 0 aromatic heterocycles. The van der Waals surface area contributed by atoms with Gasteiger partial charge in [0.05, 0.1) is 53.7 Å². The van der Waals surface area contributed by atoms with Gasteiger partial charge >= 0.3 is 11.9 Å². The third-order valence-corrected chi connectivity index (χ3v) is 12.4. The maximum Gasteiger partial charge on any atom is 0.311 e. The third-order valence-electron chi connectivity index (χ3n) is 12.4. The van der Waals surface area contributed by atoms with Crippen molar-refractivity contribution in [3.63, 3.8) is 0 Å². The third kappa shape index (κ3) is 10.6. The van der Waals surface area contributed by atoms with Gasteiger partial charge in [0.25, 0.3) is 0 Å². The van der Waals surface area contributed by atoms with Gasteiger partial charge in [-0.25, -0.2) is 0 Å². The molecule has 0 radical (unpaired) electrons. The molecule has 3 rings (SSSR count). The van der Waals surface area contributed by atoms with E-state index >= 15 is 0 Å². The Morgan fingerprint density at radius 1 is 0.891 bits per heavy atom. The quantitative estimate of drug-likeness (QED) is 0.249. The van der Waals surface area contributed by atoms with Crippen molar-refractivity contribution in [2.75, 3.05) is 21.2 Å². The number of aliphatic hydroxyl groups excluding tert-OH is 2. The summed E-state index contributed by atoms with van der Waals surface area (Å²) in [6.45, 7) is 18.0. The van der Waals surface area contributed by atoms with E-state index in [-0.39, 0.29) is 37.8 Å². The average Bonchev–Trinajstić information content (AvgIpc) is 3.11. The molecule has 3 heterocycles. The smallest absolute Gasteiger partial charge is 0.311 e. The molecule has 0 aromatic carbocycles. The Hall–Kier alpha value is -1.79. The molecule has 0 aromatic rings. The predicted molar refractivity (Wildman–Crippen MR) is 200 cm³/mol. The Bertz CT molecular complexity index is 1290. The number of nitrogens with zero attached hydrogens (tertiary/aromatic N) is 1. The van der Waals surface area contributed by atoms with E-state index in [2.05, 4.69) is 0 Å². The highest BCUT2D eigenvalue weighted by atomic mass is 16.7. The molecule has 3 fully saturated rings. The Morgan fingerprint density at radius 2 is 1.51 bits per heavy atom. The Labute approximate surface area is 327 Å². The molecule has 3 saturated heterocycles. The first-order chi connectivity index (χ1) is 25.4. The van der Waals surface area contributed by atoms with Gasteiger partial charge in [-0.2, -0.15) is 0 Å². The maximum absolute atomic E-state index is 14.2. The Morgan fingerprint density at radius 3 is 2.05 bits per heavy atom. The van der Waals surface area contributed by atoms with E-state index in [0.717, 1.165) is 0 Å². The zero-order valence-corrected chi connectivity index (χ0v) is 35.5. The lowest BCUT2D eigenvalue weighted by Gasteiger charge is -2.49. The molecule has 0 aliphatic carbocycles. The molecule has 320 valence electrons. The summed E-state index contributed by atoms with van der Waals surface area (Å²) in [5.74, 6) is -5.59. The van der Waals surface area contributed by atoms with E-state index in [1.54, 1.807) is 48.5 Å². The van der Waals surface area contributed by atoms with Crippen LogP contribution in [0.3, 0.4) is 0 Å². The lowest BCUT2D eigenvalue weighted by molar-refractivity contribution is -0.319. The van der Waals surface area contributed by atoms with Gasteiger partial charge in [-0.15, -0.1) is 0 Å². The minimum Gasteiger partial charge on any atom is -0.459 e. The van der Waals surface area contributed by atoms with Crippen LogP contribution in [0.5, 0.6) is 0 Å². The summed E-state index contributed by atoms with van der Waals surface area (Å²) in [7, 11) is 5.21. The van der Waals surface area contributed by atoms with Crippen LogP contribution in [0.4, 0.5) is 0 Å². The molecule has 0 saturated carbocycles. The summed E-state index contributed by atoms with van der Waals surface area (Å²) in [6, 6.07) is -0.319. The second kappa shape index (κ2) is 18.9. The number of methoxy groups -OCH3 is 1. The number of ether oxygens (including phenoxy) is 7. The number of carbonyl (C=O) groups is 3. The number of likely N-dealkylation sites (N-methyl/N-ethyl adjacent to an activating group) is 1. The number of esters is 2. The van der Waals surface area contributed by atoms with Gasteiger partial charge in [0.1, 0.15) is 23.6 Å². The highest BCUT2D eigenvalue weighted by Gasteiger charge is 2.54. The van der Waals surface area contributed by atoms with Crippen molar-refractivity contribution < 1.29 is 68.0 Å². The molecule has 0 spiro atoms. The molecule has 15 heteroatoms. The fraction of sp³-hybridized carbons (Fsp3) is 0.925. The summed E-state index contributed by atoms with van der Waals surface area (Å²) in [5, 5.41) is 46.6. The van der Waals surface area contributed by atoms with Crippen LogP contribution in [0.1, 0.15) is 108 Å². The predicted octanol–water partition coefficient (Wildman–Crippen LogP) is 2.75. The number of hydrogen-bond acceptors (Lipinski definition) is 15. The van der Waals surface area contributed by atoms with E-state index < -0.39 is 114 Å². The normalized spacial score (nSPS) is 46.9. The zero-order chi connectivity index (χ0) is 42.0. The first-order valence-electron chi connectivity index (χ1n) is 19.9. The lowest BCUT2D eigenvalue weighted by atomic mass is 9.74. The van der Waals surface area contributed by atoms with Gasteiger partial charge in [-0.1, -0.05) is 34.6 Å². The number of Topliss-reactive ketones (excluding diaryl/α,β-unsaturated/α-hetero) is 1. The van der Waals surface area contributed by atoms with Gasteiger partial charge < -0.3 is 58.5 Å². The highest BCUT2D eigenvalue weighted by molar-refractivity contribution is 5.83. The first kappa shape index (κ1) is 47.6. The molecular weight excluding hydrogens is 718 g/mol. The van der Waals surface area contributed by atoms with E-state index in [9.17, 15) is 34.8 Å². The van der Waals surface area contributed by atoms with Crippen LogP contribution in [0.2, 0.25) is 0 Å². The largest absolute Gasteiger partial charge is 0.459 e. The Balaban J connectivity index is 2.24. The molecule has 4 N–H and O–H groups in total. The average molecular weight is 790 g/mol. The van der Waals surface area contributed by atoms with E-state index in [1.807, 2.05) is 25.9 Å². The molecule has 3 aliphatic rings. The summed E-state index contributed by atoms with van der Waals surface area (Å²) in [5.41, 5.74) is -4.92. The van der Waals surface area contributed by atoms with E-state index in [0.29, 0.717) is 6.42 Å². The van der Waals surface area contributed by atoms with Gasteiger partial charge in [-0.05, 0) is 74.9 Å². The maximum atomic E-state index is 14.2. The van der Waals surface area contributed by atoms with Crippen molar-refractivity contribution in [2.45, 2.75) is 193 Å². The van der Waals surface area contributed by atoms with Crippen molar-refractivity contribution in [1.82, 2.24) is 4.90 Å². The number of ketones is 1. The molecule has 15 nitrogen and oxygen atoms in total. The number of aliphatic hydroxyl groups is 4. The summed E-state index contributed by atoms with van der Waals surface area (Å²) in [6.07, 6.45) is -9.68. The molecule has 55 heavy (non-hydrogen) atoms. The minimum absolute atomic E-state index is 0.0760. The van der Waals surface area contributed by atoms with E-state index in [4.69, 9.17) is 33.2 Å². The monoisotopic (exact) mass is 789 g/mol. The van der Waals surface area contributed by atoms with Gasteiger partial charge in [0.2, 0.25) is 0 Å². The molecular formula is C40H71NO14. The summed E-state index contributed by atoms with van der Waals surface area (Å²) < 4.78 is 43.6. The number of hydrogen-bond donors (Lipinski definition) is 4. The number of rotatable bonds is 9. The highest BCUT2D eigenvalue weighted by Crippen LogP contribution is 2.41. The van der Waals surface area contributed by atoms with Crippen molar-refractivity contribution >= 4 is 17.7 Å². The van der Waals surface area contributed by atoms with Crippen LogP contribution in [0.15, 0.2) is 0 Å². The topological polar surface area (TPSA) is 200 Å². The van der Waals surface area contributed by atoms with Gasteiger partial charge in [0.15, 0.2) is 18.7 Å². The van der Waals surface area contributed by atoms with E-state index in [1.165, 1.54) is 27.9 Å². The SMILES string of the molecule is CCC(=O)O[C@H]1C(O[C@@H]2[C@@H](C)[C@H](OC3C[C@](C)(OC)[C@H](O)[C@@H](C)O3)[C@@H](C)C(=O)O[C@H](CC)[C@@](C)(O)[C@H](O)[C@@H](C)C(=O)[C@H](C)CC2(C)O)O[C@H](C)C[C@@H]1N(C)C. The second-order valence-electron chi connectivity index (χ2n) is 17.3. The van der Waals surface area contributed by atoms with Crippen LogP contribution in [0.25, 0.3) is 0 Å². The lowest BCUT2D eigenvalue weighted by Crippen LogP contribution is -2.61. The summed E-state index contributed by atoms with van der Waals surface area (Å²) >= 11 is 0. The summed E-state index contributed by atoms with van der Waals surface area (Å²) in [4.78, 5) is 42.9. The van der Waals surface area contributed by atoms with Crippen molar-refractivity contribution in [1.29, 1.82) is 0 Å². The molecule has 3 unspecified atom stereocenters. The number of cyclic esters (lactones) is 1. The van der Waals surface area contributed by atoms with Crippen LogP contribution in [-0.2, 0) is 47.5 Å². The van der Waals surface area contributed by atoms with Crippen LogP contribution in [0, 0.1) is 23.7 Å². The van der Waals surface area contributed by atoms with Crippen LogP contribution >= 0.6 is 0 Å². The zero-order valence-electron chi connectivity index (χ0n) is 35.5. The van der Waals surface area contributed by atoms with Crippen molar-refractivity contribution in [3.05, 3.63) is 0 Å². The van der Waals surface area contributed by atoms with Gasteiger partial charge in [-0.3, -0.25) is 14.4 Å². The standard InChI is InChI=1S/C40H71NO14/c1-15-27-40(11,48)33(44)22(5)30(43)20(3)18-38(9,47)35(55-37-32(53-28(42)16-2)26(41(12)13)17-21(4)50-37)23(6)31(24(7)36(46)52-27)54-29-19-39(10,49-14)34(45)25(8)51-29/h20-27,29,31-35,37,44-45,47-48H,15-19H2,1-14H3/t20-,21-,22+,23+,24-,25-,26+,27-,29?,31+,32-,33-,34-,35-,37?,38?,39+,40-/m1/s1. The number of carbonyl (C=O) groups excluding carboxylic acids is 3. The molecule has 3 aliphatic heterocycles. The fourth-order valence-corrected chi connectivity index (χ4v) is 8.76. The van der Waals surface area contributed by atoms with Crippen LogP contribution in [-0.4, -0.2) is 149 Å². The van der Waals surface area contributed by atoms with Crippen molar-refractivity contribution in [2.24, 2.45) is 23.7 Å². The molecule has 0 bridgehead atoms. The minimum atomic E-state index is -2.01. The first-order valence-corrected chi connectivity index (χ1v) is 19.9. The molecule has 0 amide bonds.